The number of rotatable bonds is 4. The first-order valence-electron chi connectivity index (χ1n) is 5.68. The second-order valence-corrected chi connectivity index (χ2v) is 7.20. The van der Waals surface area contributed by atoms with Crippen LogP contribution in [0.5, 0.6) is 0 Å². The van der Waals surface area contributed by atoms with Crippen LogP contribution in [0.4, 0.5) is 0 Å². The number of primary sulfonamides is 1. The summed E-state index contributed by atoms with van der Waals surface area (Å²) in [5.74, 6) is -0.265. The van der Waals surface area contributed by atoms with E-state index < -0.39 is 10.0 Å². The van der Waals surface area contributed by atoms with Crippen molar-refractivity contribution in [2.75, 3.05) is 0 Å². The molecule has 0 atom stereocenters. The Kier molecular flexibility index (Phi) is 3.93. The summed E-state index contributed by atoms with van der Waals surface area (Å²) in [4.78, 5) is 12.7. The maximum Gasteiger partial charge on any atom is 0.269 e. The highest BCUT2D eigenvalue weighted by atomic mass is 32.2. The lowest BCUT2D eigenvalue weighted by atomic mass is 10.3. The molecular weight excluding hydrogens is 300 g/mol. The van der Waals surface area contributed by atoms with Gasteiger partial charge < -0.3 is 5.32 Å². The summed E-state index contributed by atoms with van der Waals surface area (Å²) in [6.45, 7) is 2.04. The Balaban J connectivity index is 2.04. The smallest absolute Gasteiger partial charge is 0.269 e. The van der Waals surface area contributed by atoms with E-state index in [0.29, 0.717) is 10.6 Å². The number of aromatic nitrogens is 2. The third-order valence-electron chi connectivity index (χ3n) is 2.58. The van der Waals surface area contributed by atoms with Crippen LogP contribution in [0.1, 0.15) is 21.1 Å². The zero-order chi connectivity index (χ0) is 14.9. The second kappa shape index (κ2) is 5.35. The van der Waals surface area contributed by atoms with E-state index >= 15 is 0 Å². The van der Waals surface area contributed by atoms with Crippen molar-refractivity contribution in [2.45, 2.75) is 17.7 Å². The highest BCUT2D eigenvalue weighted by Gasteiger charge is 2.14. The van der Waals surface area contributed by atoms with Gasteiger partial charge in [-0.2, -0.15) is 5.10 Å². The SMILES string of the molecule is Cc1cc(C(=O)NCc2ccc(S(N)(=O)=O)s2)n(C)n1. The fraction of sp³-hybridized carbons (Fsp3) is 0.273. The van der Waals surface area contributed by atoms with E-state index in [1.54, 1.807) is 26.1 Å². The van der Waals surface area contributed by atoms with Gasteiger partial charge in [0.15, 0.2) is 0 Å². The van der Waals surface area contributed by atoms with E-state index in [1.165, 1.54) is 10.7 Å². The molecule has 0 fully saturated rings. The minimum absolute atomic E-state index is 0.0816. The Morgan fingerprint density at radius 3 is 2.70 bits per heavy atom. The Morgan fingerprint density at radius 1 is 1.50 bits per heavy atom. The summed E-state index contributed by atoms with van der Waals surface area (Å²) in [7, 11) is -2.00. The fourth-order valence-corrected chi connectivity index (χ4v) is 3.41. The number of carbonyl (C=O) groups excluding carboxylic acids is 1. The molecule has 0 bridgehead atoms. The molecule has 2 aromatic rings. The Morgan fingerprint density at radius 2 is 2.20 bits per heavy atom. The molecule has 2 heterocycles. The Labute approximate surface area is 120 Å². The number of nitrogens with one attached hydrogen (secondary N) is 1. The maximum absolute atomic E-state index is 11.9. The topological polar surface area (TPSA) is 107 Å². The molecule has 2 rings (SSSR count). The van der Waals surface area contributed by atoms with Crippen LogP contribution in [0, 0.1) is 6.92 Å². The van der Waals surface area contributed by atoms with E-state index in [-0.39, 0.29) is 16.7 Å². The lowest BCUT2D eigenvalue weighted by molar-refractivity contribution is 0.0942. The van der Waals surface area contributed by atoms with Gasteiger partial charge in [-0.15, -0.1) is 11.3 Å². The van der Waals surface area contributed by atoms with E-state index in [2.05, 4.69) is 10.4 Å². The van der Waals surface area contributed by atoms with Crippen LogP contribution in [-0.4, -0.2) is 24.1 Å². The zero-order valence-corrected chi connectivity index (χ0v) is 12.6. The maximum atomic E-state index is 11.9. The first-order chi connectivity index (χ1) is 9.27. The number of sulfonamides is 1. The van der Waals surface area contributed by atoms with Crippen LogP contribution >= 0.6 is 11.3 Å². The minimum Gasteiger partial charge on any atom is -0.346 e. The van der Waals surface area contributed by atoms with Crippen LogP contribution in [0.3, 0.4) is 0 Å². The second-order valence-electron chi connectivity index (χ2n) is 4.24. The van der Waals surface area contributed by atoms with Crippen molar-refractivity contribution in [1.82, 2.24) is 15.1 Å². The predicted octanol–water partition coefficient (Wildman–Crippen LogP) is 0.367. The number of nitrogens with zero attached hydrogens (tertiary/aromatic N) is 2. The normalized spacial score (nSPS) is 11.6. The van der Waals surface area contributed by atoms with Gasteiger partial charge in [-0.3, -0.25) is 9.48 Å². The van der Waals surface area contributed by atoms with E-state index in [0.717, 1.165) is 17.0 Å². The number of thiophene rings is 1. The lowest BCUT2D eigenvalue weighted by Gasteiger charge is -2.03. The standard InChI is InChI=1S/C11H14N4O3S2/c1-7-5-9(15(2)14-7)11(16)13-6-8-3-4-10(19-8)20(12,17)18/h3-5H,6H2,1-2H3,(H,13,16)(H2,12,17,18). The van der Waals surface area contributed by atoms with Crippen LogP contribution < -0.4 is 10.5 Å². The van der Waals surface area contributed by atoms with E-state index in [4.69, 9.17) is 5.14 Å². The van der Waals surface area contributed by atoms with Gasteiger partial charge >= 0.3 is 0 Å². The van der Waals surface area contributed by atoms with Crippen LogP contribution in [0.15, 0.2) is 22.4 Å². The van der Waals surface area contributed by atoms with Crippen LogP contribution in [0.2, 0.25) is 0 Å². The van der Waals surface area contributed by atoms with Crippen LogP contribution in [-0.2, 0) is 23.6 Å². The number of nitrogens with two attached hydrogens (primary N) is 1. The number of hydrogen-bond donors (Lipinski definition) is 2. The van der Waals surface area contributed by atoms with Crippen molar-refractivity contribution in [2.24, 2.45) is 12.2 Å². The quantitative estimate of drug-likeness (QED) is 0.850. The molecular formula is C11H14N4O3S2. The van der Waals surface area contributed by atoms with Gasteiger partial charge in [-0.25, -0.2) is 13.6 Å². The molecule has 108 valence electrons. The molecule has 0 saturated carbocycles. The summed E-state index contributed by atoms with van der Waals surface area (Å²) < 4.78 is 23.9. The molecule has 2 aromatic heterocycles. The first-order valence-corrected chi connectivity index (χ1v) is 8.04. The molecule has 0 aliphatic carbocycles. The van der Waals surface area contributed by atoms with Crippen molar-refractivity contribution in [3.8, 4) is 0 Å². The van der Waals surface area contributed by atoms with Crippen LogP contribution in [0.25, 0.3) is 0 Å². The van der Waals surface area contributed by atoms with Gasteiger partial charge in [0, 0.05) is 11.9 Å². The molecule has 0 radical (unpaired) electrons. The molecule has 0 saturated heterocycles. The summed E-state index contributed by atoms with van der Waals surface area (Å²) in [5.41, 5.74) is 1.20. The van der Waals surface area contributed by atoms with Crippen molar-refractivity contribution >= 4 is 27.3 Å². The van der Waals surface area contributed by atoms with Crippen molar-refractivity contribution in [3.63, 3.8) is 0 Å². The van der Waals surface area contributed by atoms with Gasteiger partial charge in [-0.05, 0) is 25.1 Å². The lowest BCUT2D eigenvalue weighted by Crippen LogP contribution is -2.24. The molecule has 0 spiro atoms. The summed E-state index contributed by atoms with van der Waals surface area (Å²) in [5, 5.41) is 11.8. The highest BCUT2D eigenvalue weighted by molar-refractivity contribution is 7.91. The number of amides is 1. The fourth-order valence-electron chi connectivity index (χ4n) is 1.69. The van der Waals surface area contributed by atoms with Gasteiger partial charge in [0.25, 0.3) is 5.91 Å². The number of carbonyl (C=O) groups is 1. The third kappa shape index (κ3) is 3.24. The molecule has 0 aliphatic heterocycles. The molecule has 20 heavy (non-hydrogen) atoms. The summed E-state index contributed by atoms with van der Waals surface area (Å²) in [6.07, 6.45) is 0. The van der Waals surface area contributed by atoms with Crippen molar-refractivity contribution in [3.05, 3.63) is 34.5 Å². The Hall–Kier alpha value is -1.71. The van der Waals surface area contributed by atoms with E-state index in [1.807, 2.05) is 0 Å². The highest BCUT2D eigenvalue weighted by Crippen LogP contribution is 2.20. The molecule has 0 unspecified atom stereocenters. The molecule has 7 nitrogen and oxygen atoms in total. The monoisotopic (exact) mass is 314 g/mol. The molecule has 0 aliphatic rings. The molecule has 3 N–H and O–H groups in total. The third-order valence-corrected chi connectivity index (χ3v) is 5.10. The minimum atomic E-state index is -3.68. The number of hydrogen-bond acceptors (Lipinski definition) is 5. The zero-order valence-electron chi connectivity index (χ0n) is 11.0. The van der Waals surface area contributed by atoms with Crippen molar-refractivity contribution < 1.29 is 13.2 Å². The predicted molar refractivity (Wildman–Crippen MR) is 74.8 cm³/mol. The molecule has 0 aromatic carbocycles. The van der Waals surface area contributed by atoms with Gasteiger partial charge in [0.1, 0.15) is 9.90 Å². The van der Waals surface area contributed by atoms with Gasteiger partial charge in [0.2, 0.25) is 10.0 Å². The van der Waals surface area contributed by atoms with Crippen molar-refractivity contribution in [1.29, 1.82) is 0 Å². The largest absolute Gasteiger partial charge is 0.346 e. The summed E-state index contributed by atoms with van der Waals surface area (Å²) >= 11 is 1.04. The average molecular weight is 314 g/mol. The van der Waals surface area contributed by atoms with Gasteiger partial charge in [0.05, 0.1) is 12.2 Å². The van der Waals surface area contributed by atoms with Gasteiger partial charge in [-0.1, -0.05) is 0 Å². The molecule has 1 amide bonds. The number of aryl methyl sites for hydroxylation is 2. The first kappa shape index (κ1) is 14.7. The average Bonchev–Trinajstić information content (AvgIpc) is 2.92. The summed E-state index contributed by atoms with van der Waals surface area (Å²) in [6, 6.07) is 4.73. The molecule has 9 heteroatoms. The van der Waals surface area contributed by atoms with E-state index in [9.17, 15) is 13.2 Å². The Bertz CT molecular complexity index is 746.